The molecule has 8 heteroatoms. The van der Waals surface area contributed by atoms with Crippen LogP contribution in [0.15, 0.2) is 42.6 Å². The van der Waals surface area contributed by atoms with Crippen LogP contribution in [0.1, 0.15) is 34.8 Å². The molecule has 26 heavy (non-hydrogen) atoms. The molecule has 3 aromatic rings. The van der Waals surface area contributed by atoms with Crippen LogP contribution in [-0.2, 0) is 6.42 Å². The molecule has 2 aromatic heterocycles. The van der Waals surface area contributed by atoms with E-state index in [1.807, 2.05) is 50.2 Å². The Kier molecular flexibility index (Phi) is 5.80. The Morgan fingerprint density at radius 2 is 1.96 bits per heavy atom. The van der Waals surface area contributed by atoms with Gasteiger partial charge >= 0.3 is 6.03 Å². The van der Waals surface area contributed by atoms with E-state index in [0.29, 0.717) is 16.6 Å². The van der Waals surface area contributed by atoms with E-state index in [-0.39, 0.29) is 12.1 Å². The molecule has 134 valence electrons. The first-order chi connectivity index (χ1) is 12.5. The van der Waals surface area contributed by atoms with Crippen molar-refractivity contribution in [3.63, 3.8) is 0 Å². The van der Waals surface area contributed by atoms with Gasteiger partial charge in [0.1, 0.15) is 5.01 Å². The summed E-state index contributed by atoms with van der Waals surface area (Å²) in [6.07, 6.45) is 2.40. The van der Waals surface area contributed by atoms with Crippen LogP contribution in [0.2, 0.25) is 5.02 Å². The van der Waals surface area contributed by atoms with Crippen molar-refractivity contribution in [1.29, 1.82) is 0 Å². The van der Waals surface area contributed by atoms with E-state index in [1.54, 1.807) is 6.20 Å². The largest absolute Gasteiger partial charge is 0.331 e. The summed E-state index contributed by atoms with van der Waals surface area (Å²) in [4.78, 5) is 16.4. The number of hydrogen-bond donors (Lipinski definition) is 2. The average molecular weight is 388 g/mol. The van der Waals surface area contributed by atoms with E-state index < -0.39 is 0 Å². The number of pyridine rings is 1. The maximum atomic E-state index is 12.1. The molecule has 2 heterocycles. The van der Waals surface area contributed by atoms with Crippen LogP contribution < -0.4 is 10.6 Å². The molecule has 0 radical (unpaired) electrons. The zero-order valence-electron chi connectivity index (χ0n) is 14.4. The molecule has 0 saturated carbocycles. The third-order valence-electron chi connectivity index (χ3n) is 3.74. The Bertz CT molecular complexity index is 879. The summed E-state index contributed by atoms with van der Waals surface area (Å²) in [5.41, 5.74) is 2.96. The van der Waals surface area contributed by atoms with Gasteiger partial charge in [-0.1, -0.05) is 41.1 Å². The Morgan fingerprint density at radius 3 is 2.65 bits per heavy atom. The highest BCUT2D eigenvalue weighted by Crippen LogP contribution is 2.20. The fraction of sp³-hybridized carbons (Fsp3) is 0.222. The van der Waals surface area contributed by atoms with Gasteiger partial charge in [-0.15, -0.1) is 10.2 Å². The van der Waals surface area contributed by atoms with E-state index in [1.165, 1.54) is 11.3 Å². The number of anilines is 1. The first-order valence-corrected chi connectivity index (χ1v) is 9.26. The summed E-state index contributed by atoms with van der Waals surface area (Å²) < 4.78 is 0. The number of hydrogen-bond acceptors (Lipinski definition) is 5. The molecule has 1 atom stereocenters. The monoisotopic (exact) mass is 387 g/mol. The fourth-order valence-electron chi connectivity index (χ4n) is 2.30. The highest BCUT2D eigenvalue weighted by molar-refractivity contribution is 7.15. The molecule has 0 aliphatic heterocycles. The van der Waals surface area contributed by atoms with Crippen molar-refractivity contribution in [3.05, 3.63) is 69.4 Å². The molecule has 0 saturated heterocycles. The van der Waals surface area contributed by atoms with E-state index in [0.717, 1.165) is 21.8 Å². The number of carbonyl (C=O) groups excluding carboxylic acids is 1. The number of nitrogens with one attached hydrogen (secondary N) is 2. The summed E-state index contributed by atoms with van der Waals surface area (Å²) in [7, 11) is 0. The second-order valence-corrected chi connectivity index (χ2v) is 7.36. The number of aryl methyl sites for hydroxylation is 1. The number of carbonyl (C=O) groups is 1. The molecule has 0 aliphatic rings. The molecule has 1 unspecified atom stereocenters. The van der Waals surface area contributed by atoms with Gasteiger partial charge in [0, 0.05) is 23.3 Å². The SMILES string of the molecule is Cc1ccc(C(C)NC(=O)Nc2nnc(Cc3ccc(Cl)cc3)s2)cn1. The highest BCUT2D eigenvalue weighted by Gasteiger charge is 2.12. The molecule has 6 nitrogen and oxygen atoms in total. The van der Waals surface area contributed by atoms with E-state index in [4.69, 9.17) is 11.6 Å². The zero-order valence-corrected chi connectivity index (χ0v) is 15.9. The van der Waals surface area contributed by atoms with Crippen LogP contribution in [0.5, 0.6) is 0 Å². The predicted molar refractivity (Wildman–Crippen MR) is 104 cm³/mol. The van der Waals surface area contributed by atoms with Crippen LogP contribution >= 0.6 is 22.9 Å². The molecule has 0 aliphatic carbocycles. The van der Waals surface area contributed by atoms with Crippen LogP contribution in [0.3, 0.4) is 0 Å². The van der Waals surface area contributed by atoms with Crippen molar-refractivity contribution in [2.45, 2.75) is 26.3 Å². The van der Waals surface area contributed by atoms with Gasteiger partial charge in [0.05, 0.1) is 6.04 Å². The van der Waals surface area contributed by atoms with Gasteiger partial charge in [-0.3, -0.25) is 10.3 Å². The lowest BCUT2D eigenvalue weighted by Gasteiger charge is -2.13. The lowest BCUT2D eigenvalue weighted by molar-refractivity contribution is 0.249. The van der Waals surface area contributed by atoms with Crippen LogP contribution in [0.25, 0.3) is 0 Å². The first-order valence-electron chi connectivity index (χ1n) is 8.06. The van der Waals surface area contributed by atoms with Crippen LogP contribution in [-0.4, -0.2) is 21.2 Å². The minimum atomic E-state index is -0.327. The van der Waals surface area contributed by atoms with Crippen molar-refractivity contribution in [1.82, 2.24) is 20.5 Å². The van der Waals surface area contributed by atoms with Gasteiger partial charge in [-0.05, 0) is 43.2 Å². The minimum absolute atomic E-state index is 0.162. The summed E-state index contributed by atoms with van der Waals surface area (Å²) in [5.74, 6) is 0. The lowest BCUT2D eigenvalue weighted by atomic mass is 10.1. The molecular formula is C18H18ClN5OS. The van der Waals surface area contributed by atoms with E-state index >= 15 is 0 Å². The predicted octanol–water partition coefficient (Wildman–Crippen LogP) is 4.37. The standard InChI is InChI=1S/C18H18ClN5OS/c1-11-3-6-14(10-20-11)12(2)21-17(25)22-18-24-23-16(26-18)9-13-4-7-15(19)8-5-13/h3-8,10,12H,9H2,1-2H3,(H2,21,22,24,25). The van der Waals surface area contributed by atoms with Crippen LogP contribution in [0.4, 0.5) is 9.93 Å². The van der Waals surface area contributed by atoms with Crippen molar-refractivity contribution in [2.24, 2.45) is 0 Å². The molecule has 2 N–H and O–H groups in total. The number of nitrogens with zero attached hydrogens (tertiary/aromatic N) is 3. The second-order valence-electron chi connectivity index (χ2n) is 5.86. The van der Waals surface area contributed by atoms with Crippen molar-refractivity contribution in [3.8, 4) is 0 Å². The molecule has 1 aromatic carbocycles. The summed E-state index contributed by atoms with van der Waals surface area (Å²) in [6, 6.07) is 10.9. The summed E-state index contributed by atoms with van der Waals surface area (Å²) >= 11 is 7.23. The summed E-state index contributed by atoms with van der Waals surface area (Å²) in [6.45, 7) is 3.82. The zero-order chi connectivity index (χ0) is 18.5. The average Bonchev–Trinajstić information content (AvgIpc) is 3.04. The van der Waals surface area contributed by atoms with Gasteiger partial charge in [0.2, 0.25) is 5.13 Å². The molecule has 0 spiro atoms. The number of rotatable bonds is 5. The quantitative estimate of drug-likeness (QED) is 0.681. The normalized spacial score (nSPS) is 11.8. The Balaban J connectivity index is 1.55. The Labute approximate surface area is 160 Å². The highest BCUT2D eigenvalue weighted by atomic mass is 35.5. The number of aromatic nitrogens is 3. The fourth-order valence-corrected chi connectivity index (χ4v) is 3.20. The maximum absolute atomic E-state index is 12.1. The van der Waals surface area contributed by atoms with Gasteiger partial charge < -0.3 is 5.32 Å². The summed E-state index contributed by atoms with van der Waals surface area (Å²) in [5, 5.41) is 15.7. The Morgan fingerprint density at radius 1 is 1.19 bits per heavy atom. The van der Waals surface area contributed by atoms with E-state index in [2.05, 4.69) is 25.8 Å². The first kappa shape index (κ1) is 18.3. The molecule has 0 fully saturated rings. The second kappa shape index (κ2) is 8.25. The van der Waals surface area contributed by atoms with Gasteiger partial charge in [0.15, 0.2) is 0 Å². The number of urea groups is 1. The number of amides is 2. The van der Waals surface area contributed by atoms with E-state index in [9.17, 15) is 4.79 Å². The van der Waals surface area contributed by atoms with Crippen molar-refractivity contribution in [2.75, 3.05) is 5.32 Å². The molecule has 3 rings (SSSR count). The molecule has 2 amide bonds. The minimum Gasteiger partial charge on any atom is -0.331 e. The molecule has 0 bridgehead atoms. The third-order valence-corrected chi connectivity index (χ3v) is 4.83. The molecular weight excluding hydrogens is 370 g/mol. The van der Waals surface area contributed by atoms with Crippen LogP contribution in [0, 0.1) is 6.92 Å². The van der Waals surface area contributed by atoms with Gasteiger partial charge in [-0.2, -0.15) is 0 Å². The lowest BCUT2D eigenvalue weighted by Crippen LogP contribution is -2.31. The topological polar surface area (TPSA) is 79.8 Å². The van der Waals surface area contributed by atoms with Crippen molar-refractivity contribution >= 4 is 34.1 Å². The van der Waals surface area contributed by atoms with Gasteiger partial charge in [-0.25, -0.2) is 4.79 Å². The maximum Gasteiger partial charge on any atom is 0.321 e. The number of halogens is 1. The third kappa shape index (κ3) is 5.00. The smallest absolute Gasteiger partial charge is 0.321 e. The number of benzene rings is 1. The van der Waals surface area contributed by atoms with Crippen molar-refractivity contribution < 1.29 is 4.79 Å². The van der Waals surface area contributed by atoms with Gasteiger partial charge in [0.25, 0.3) is 0 Å². The Hall–Kier alpha value is -2.51.